The van der Waals surface area contributed by atoms with E-state index in [4.69, 9.17) is 4.74 Å². The van der Waals surface area contributed by atoms with Crippen LogP contribution in [0.3, 0.4) is 0 Å². The number of piperidine rings is 1. The zero-order chi connectivity index (χ0) is 12.1. The fraction of sp³-hybridized carbons (Fsp3) is 0.571. The SMILES string of the molecule is COCC1(Cc2ccccc2)CCN(S)CC1. The third-order valence-corrected chi connectivity index (χ3v) is 4.07. The molecule has 1 saturated heterocycles. The lowest BCUT2D eigenvalue weighted by Gasteiger charge is -2.40. The van der Waals surface area contributed by atoms with Crippen molar-refractivity contribution in [1.82, 2.24) is 4.31 Å². The van der Waals surface area contributed by atoms with Crippen LogP contribution in [0.5, 0.6) is 0 Å². The highest BCUT2D eigenvalue weighted by atomic mass is 32.1. The van der Waals surface area contributed by atoms with Crippen LogP contribution in [0.4, 0.5) is 0 Å². The van der Waals surface area contributed by atoms with Gasteiger partial charge in [0, 0.05) is 25.6 Å². The average Bonchev–Trinajstić information content (AvgIpc) is 2.35. The zero-order valence-corrected chi connectivity index (χ0v) is 11.3. The van der Waals surface area contributed by atoms with Crippen molar-refractivity contribution in [3.8, 4) is 0 Å². The van der Waals surface area contributed by atoms with E-state index in [1.54, 1.807) is 7.11 Å². The highest BCUT2D eigenvalue weighted by Crippen LogP contribution is 2.35. The Hall–Kier alpha value is -0.510. The Bertz CT molecular complexity index is 333. The van der Waals surface area contributed by atoms with Gasteiger partial charge in [-0.1, -0.05) is 43.1 Å². The van der Waals surface area contributed by atoms with Crippen molar-refractivity contribution in [3.63, 3.8) is 0 Å². The van der Waals surface area contributed by atoms with Gasteiger partial charge in [0.25, 0.3) is 0 Å². The van der Waals surface area contributed by atoms with Gasteiger partial charge in [-0.05, 0) is 24.8 Å². The molecule has 0 saturated carbocycles. The molecule has 1 heterocycles. The van der Waals surface area contributed by atoms with Gasteiger partial charge in [-0.15, -0.1) is 0 Å². The molecule has 0 unspecified atom stereocenters. The van der Waals surface area contributed by atoms with Crippen LogP contribution < -0.4 is 0 Å². The van der Waals surface area contributed by atoms with E-state index in [1.165, 1.54) is 18.4 Å². The number of hydrogen-bond donors (Lipinski definition) is 1. The first kappa shape index (κ1) is 12.9. The van der Waals surface area contributed by atoms with Gasteiger partial charge in [-0.3, -0.25) is 4.31 Å². The molecule has 94 valence electrons. The highest BCUT2D eigenvalue weighted by molar-refractivity contribution is 7.77. The second-order valence-electron chi connectivity index (χ2n) is 5.05. The summed E-state index contributed by atoms with van der Waals surface area (Å²) >= 11 is 4.43. The Labute approximate surface area is 110 Å². The molecule has 0 N–H and O–H groups in total. The minimum Gasteiger partial charge on any atom is -0.384 e. The van der Waals surface area contributed by atoms with Crippen LogP contribution in [0.2, 0.25) is 0 Å². The Balaban J connectivity index is 2.06. The molecule has 1 aromatic rings. The molecule has 1 aliphatic heterocycles. The first-order chi connectivity index (χ1) is 8.24. The van der Waals surface area contributed by atoms with Crippen LogP contribution in [0.25, 0.3) is 0 Å². The van der Waals surface area contributed by atoms with Crippen LogP contribution in [0.1, 0.15) is 18.4 Å². The standard InChI is InChI=1S/C14H21NOS/c1-16-12-14(7-9-15(17)10-8-14)11-13-5-3-2-4-6-13/h2-6,17H,7-12H2,1H3. The summed E-state index contributed by atoms with van der Waals surface area (Å²) < 4.78 is 7.56. The summed E-state index contributed by atoms with van der Waals surface area (Å²) in [5, 5.41) is 0. The Morgan fingerprint density at radius 2 is 1.88 bits per heavy atom. The molecule has 0 bridgehead atoms. The summed E-state index contributed by atoms with van der Waals surface area (Å²) in [6.07, 6.45) is 3.45. The molecule has 2 rings (SSSR count). The first-order valence-corrected chi connectivity index (χ1v) is 6.61. The summed E-state index contributed by atoms with van der Waals surface area (Å²) in [5.41, 5.74) is 1.71. The normalized spacial score (nSPS) is 20.4. The maximum atomic E-state index is 5.45. The number of benzene rings is 1. The van der Waals surface area contributed by atoms with E-state index in [-0.39, 0.29) is 0 Å². The lowest BCUT2D eigenvalue weighted by molar-refractivity contribution is 0.0413. The van der Waals surface area contributed by atoms with Crippen molar-refractivity contribution in [3.05, 3.63) is 35.9 Å². The second-order valence-corrected chi connectivity index (χ2v) is 5.61. The zero-order valence-electron chi connectivity index (χ0n) is 10.4. The molecule has 0 radical (unpaired) electrons. The molecule has 0 amide bonds. The van der Waals surface area contributed by atoms with Crippen LogP contribution >= 0.6 is 12.8 Å². The van der Waals surface area contributed by atoms with Crippen LogP contribution in [-0.2, 0) is 11.2 Å². The number of rotatable bonds is 4. The van der Waals surface area contributed by atoms with Crippen LogP contribution in [-0.4, -0.2) is 31.1 Å². The molecular formula is C14H21NOS. The molecule has 3 heteroatoms. The summed E-state index contributed by atoms with van der Waals surface area (Å²) in [6, 6.07) is 10.7. The van der Waals surface area contributed by atoms with Gasteiger partial charge in [-0.25, -0.2) is 0 Å². The predicted octanol–water partition coefficient (Wildman–Crippen LogP) is 2.80. The number of thiol groups is 1. The van der Waals surface area contributed by atoms with Crippen molar-refractivity contribution in [2.45, 2.75) is 19.3 Å². The summed E-state index contributed by atoms with van der Waals surface area (Å²) in [5.74, 6) is 0. The first-order valence-electron chi connectivity index (χ1n) is 6.21. The lowest BCUT2D eigenvalue weighted by atomic mass is 9.75. The van der Waals surface area contributed by atoms with Gasteiger partial charge >= 0.3 is 0 Å². The van der Waals surface area contributed by atoms with E-state index in [9.17, 15) is 0 Å². The van der Waals surface area contributed by atoms with E-state index in [2.05, 4.69) is 47.5 Å². The van der Waals surface area contributed by atoms with Crippen molar-refractivity contribution < 1.29 is 4.74 Å². The molecule has 0 aliphatic carbocycles. The number of methoxy groups -OCH3 is 1. The molecule has 1 aliphatic rings. The molecule has 1 aromatic carbocycles. The molecule has 0 aromatic heterocycles. The quantitative estimate of drug-likeness (QED) is 0.826. The third-order valence-electron chi connectivity index (χ3n) is 3.67. The number of ether oxygens (including phenoxy) is 1. The monoisotopic (exact) mass is 251 g/mol. The van der Waals surface area contributed by atoms with Crippen LogP contribution in [0.15, 0.2) is 30.3 Å². The van der Waals surface area contributed by atoms with Gasteiger partial charge < -0.3 is 4.74 Å². The topological polar surface area (TPSA) is 12.5 Å². The predicted molar refractivity (Wildman–Crippen MR) is 74.2 cm³/mol. The Kier molecular flexibility index (Phi) is 4.48. The molecule has 2 nitrogen and oxygen atoms in total. The minimum absolute atomic E-state index is 0.301. The van der Waals surface area contributed by atoms with Gasteiger partial charge in [0.15, 0.2) is 0 Å². The van der Waals surface area contributed by atoms with Crippen molar-refractivity contribution in [1.29, 1.82) is 0 Å². The van der Waals surface area contributed by atoms with E-state index < -0.39 is 0 Å². The second kappa shape index (κ2) is 5.89. The Morgan fingerprint density at radius 1 is 1.24 bits per heavy atom. The number of hydrogen-bond acceptors (Lipinski definition) is 3. The van der Waals surface area contributed by atoms with E-state index in [0.29, 0.717) is 5.41 Å². The largest absolute Gasteiger partial charge is 0.384 e. The van der Waals surface area contributed by atoms with Gasteiger partial charge in [0.2, 0.25) is 0 Å². The minimum atomic E-state index is 0.301. The van der Waals surface area contributed by atoms with Gasteiger partial charge in [0.05, 0.1) is 6.61 Å². The van der Waals surface area contributed by atoms with Crippen molar-refractivity contribution >= 4 is 12.8 Å². The molecule has 0 spiro atoms. The smallest absolute Gasteiger partial charge is 0.0522 e. The van der Waals surface area contributed by atoms with Crippen molar-refractivity contribution in [2.24, 2.45) is 5.41 Å². The maximum Gasteiger partial charge on any atom is 0.0522 e. The highest BCUT2D eigenvalue weighted by Gasteiger charge is 2.34. The summed E-state index contributed by atoms with van der Waals surface area (Å²) in [7, 11) is 1.81. The fourth-order valence-electron chi connectivity index (χ4n) is 2.68. The Morgan fingerprint density at radius 3 is 2.47 bits per heavy atom. The molecule has 0 atom stereocenters. The van der Waals surface area contributed by atoms with Crippen LogP contribution in [0, 0.1) is 5.41 Å². The third kappa shape index (κ3) is 3.47. The molecule has 1 fully saturated rings. The summed E-state index contributed by atoms with van der Waals surface area (Å²) in [6.45, 7) is 2.96. The van der Waals surface area contributed by atoms with Gasteiger partial charge in [-0.2, -0.15) is 0 Å². The van der Waals surface area contributed by atoms with Gasteiger partial charge in [0.1, 0.15) is 0 Å². The van der Waals surface area contributed by atoms with Crippen molar-refractivity contribution in [2.75, 3.05) is 26.8 Å². The summed E-state index contributed by atoms with van der Waals surface area (Å²) in [4.78, 5) is 0. The molecular weight excluding hydrogens is 230 g/mol. The molecule has 17 heavy (non-hydrogen) atoms. The van der Waals surface area contributed by atoms with E-state index >= 15 is 0 Å². The average molecular weight is 251 g/mol. The fourth-order valence-corrected chi connectivity index (χ4v) is 2.88. The van der Waals surface area contributed by atoms with E-state index in [0.717, 1.165) is 26.1 Å². The lowest BCUT2D eigenvalue weighted by Crippen LogP contribution is -2.40. The van der Waals surface area contributed by atoms with E-state index in [1.807, 2.05) is 0 Å². The number of nitrogens with zero attached hydrogens (tertiary/aromatic N) is 1. The maximum absolute atomic E-state index is 5.45.